The Hall–Kier alpha value is -2.74. The molecule has 1 atom stereocenters. The summed E-state index contributed by atoms with van der Waals surface area (Å²) in [5.41, 5.74) is 0.869. The molecule has 26 heavy (non-hydrogen) atoms. The van der Waals surface area contributed by atoms with E-state index < -0.39 is 17.9 Å². The van der Waals surface area contributed by atoms with Crippen LogP contribution in [0.2, 0.25) is 0 Å². The van der Waals surface area contributed by atoms with Crippen LogP contribution >= 0.6 is 0 Å². The van der Waals surface area contributed by atoms with Gasteiger partial charge in [-0.1, -0.05) is 37.3 Å². The number of rotatable bonds is 11. The van der Waals surface area contributed by atoms with Gasteiger partial charge in [-0.05, 0) is 12.6 Å². The van der Waals surface area contributed by atoms with Crippen molar-refractivity contribution in [2.45, 2.75) is 25.8 Å². The molecular formula is C18H26N4O4. The van der Waals surface area contributed by atoms with E-state index in [1.54, 1.807) is 14.0 Å². The standard InChI is InChI=1S/C18H26N4O4/c1-3-14(23)10-21-18(26)15(9-13-7-5-4-6-8-13)22-17(25)12-20-16(24)11-19-2/h4-8,15,19H,3,9-12H2,1-2H3,(H,20,24)(H,21,26)(H,22,25)/t15-/m0/s1. The molecule has 8 nitrogen and oxygen atoms in total. The molecule has 0 aliphatic carbocycles. The summed E-state index contributed by atoms with van der Waals surface area (Å²) in [7, 11) is 1.62. The van der Waals surface area contributed by atoms with Gasteiger partial charge in [-0.2, -0.15) is 0 Å². The van der Waals surface area contributed by atoms with Crippen LogP contribution in [-0.4, -0.2) is 56.2 Å². The predicted molar refractivity (Wildman–Crippen MR) is 97.3 cm³/mol. The summed E-state index contributed by atoms with van der Waals surface area (Å²) in [5.74, 6) is -1.33. The van der Waals surface area contributed by atoms with Crippen molar-refractivity contribution in [3.63, 3.8) is 0 Å². The van der Waals surface area contributed by atoms with E-state index in [1.165, 1.54) is 0 Å². The van der Waals surface area contributed by atoms with Crippen molar-refractivity contribution in [2.24, 2.45) is 0 Å². The van der Waals surface area contributed by atoms with Crippen LogP contribution in [0, 0.1) is 0 Å². The van der Waals surface area contributed by atoms with Gasteiger partial charge in [0.15, 0.2) is 5.78 Å². The lowest BCUT2D eigenvalue weighted by molar-refractivity contribution is -0.130. The predicted octanol–water partition coefficient (Wildman–Crippen LogP) is -0.855. The number of ketones is 1. The van der Waals surface area contributed by atoms with Gasteiger partial charge in [0.25, 0.3) is 0 Å². The van der Waals surface area contributed by atoms with Crippen molar-refractivity contribution in [1.82, 2.24) is 21.3 Å². The van der Waals surface area contributed by atoms with Crippen LogP contribution in [-0.2, 0) is 25.6 Å². The van der Waals surface area contributed by atoms with Gasteiger partial charge in [-0.25, -0.2) is 0 Å². The molecule has 3 amide bonds. The smallest absolute Gasteiger partial charge is 0.243 e. The molecule has 0 heterocycles. The van der Waals surface area contributed by atoms with E-state index in [0.29, 0.717) is 6.42 Å². The second-order valence-electron chi connectivity index (χ2n) is 5.73. The fourth-order valence-electron chi connectivity index (χ4n) is 2.14. The molecule has 0 aliphatic rings. The molecule has 0 radical (unpaired) electrons. The number of hydrogen-bond donors (Lipinski definition) is 4. The first-order chi connectivity index (χ1) is 12.5. The molecule has 8 heteroatoms. The Balaban J connectivity index is 2.67. The zero-order chi connectivity index (χ0) is 19.4. The van der Waals surface area contributed by atoms with Crippen molar-refractivity contribution in [3.05, 3.63) is 35.9 Å². The van der Waals surface area contributed by atoms with Gasteiger partial charge in [0.1, 0.15) is 6.04 Å². The maximum atomic E-state index is 12.4. The van der Waals surface area contributed by atoms with E-state index in [2.05, 4.69) is 21.3 Å². The number of benzene rings is 1. The van der Waals surface area contributed by atoms with Crippen molar-refractivity contribution in [3.8, 4) is 0 Å². The van der Waals surface area contributed by atoms with Crippen LogP contribution in [0.4, 0.5) is 0 Å². The molecular weight excluding hydrogens is 336 g/mol. The van der Waals surface area contributed by atoms with E-state index >= 15 is 0 Å². The highest BCUT2D eigenvalue weighted by Crippen LogP contribution is 2.03. The third-order valence-electron chi connectivity index (χ3n) is 3.57. The number of likely N-dealkylation sites (N-methyl/N-ethyl adjacent to an activating group) is 1. The maximum absolute atomic E-state index is 12.4. The molecule has 1 rings (SSSR count). The fraction of sp³-hybridized carbons (Fsp3) is 0.444. The van der Waals surface area contributed by atoms with Crippen molar-refractivity contribution < 1.29 is 19.2 Å². The van der Waals surface area contributed by atoms with Crippen LogP contribution in [0.15, 0.2) is 30.3 Å². The van der Waals surface area contributed by atoms with Crippen molar-refractivity contribution in [2.75, 3.05) is 26.7 Å². The highest BCUT2D eigenvalue weighted by atomic mass is 16.2. The molecule has 142 valence electrons. The number of nitrogens with one attached hydrogen (secondary N) is 4. The highest BCUT2D eigenvalue weighted by Gasteiger charge is 2.21. The topological polar surface area (TPSA) is 116 Å². The van der Waals surface area contributed by atoms with Gasteiger partial charge in [0.2, 0.25) is 17.7 Å². The fourth-order valence-corrected chi connectivity index (χ4v) is 2.14. The normalized spacial score (nSPS) is 11.3. The Labute approximate surface area is 153 Å². The molecule has 0 unspecified atom stereocenters. The third kappa shape index (κ3) is 8.39. The Bertz CT molecular complexity index is 619. The lowest BCUT2D eigenvalue weighted by Gasteiger charge is -2.18. The van der Waals surface area contributed by atoms with E-state index in [9.17, 15) is 19.2 Å². The van der Waals surface area contributed by atoms with E-state index in [0.717, 1.165) is 5.56 Å². The monoisotopic (exact) mass is 362 g/mol. The van der Waals surface area contributed by atoms with Gasteiger partial charge in [-0.3, -0.25) is 19.2 Å². The molecule has 0 fully saturated rings. The van der Waals surface area contributed by atoms with E-state index in [4.69, 9.17) is 0 Å². The van der Waals surface area contributed by atoms with Gasteiger partial charge < -0.3 is 21.3 Å². The molecule has 0 saturated heterocycles. The van der Waals surface area contributed by atoms with Gasteiger partial charge in [0.05, 0.1) is 19.6 Å². The lowest BCUT2D eigenvalue weighted by atomic mass is 10.1. The van der Waals surface area contributed by atoms with Crippen molar-refractivity contribution in [1.29, 1.82) is 0 Å². The minimum Gasteiger partial charge on any atom is -0.347 e. The molecule has 1 aromatic carbocycles. The molecule has 1 aromatic rings. The van der Waals surface area contributed by atoms with E-state index in [1.807, 2.05) is 30.3 Å². The molecule has 0 aliphatic heterocycles. The first kappa shape index (κ1) is 21.3. The van der Waals surface area contributed by atoms with E-state index in [-0.39, 0.29) is 37.7 Å². The number of Topliss-reactive ketones (excluding diaryl/α,β-unsaturated/α-hetero) is 1. The summed E-state index contributed by atoms with van der Waals surface area (Å²) < 4.78 is 0. The average molecular weight is 362 g/mol. The molecule has 0 spiro atoms. The minimum atomic E-state index is -0.837. The van der Waals surface area contributed by atoms with Gasteiger partial charge in [-0.15, -0.1) is 0 Å². The van der Waals surface area contributed by atoms with Crippen LogP contribution in [0.25, 0.3) is 0 Å². The minimum absolute atomic E-state index is 0.0740. The summed E-state index contributed by atoms with van der Waals surface area (Å²) >= 11 is 0. The Morgan fingerprint density at radius 3 is 2.23 bits per heavy atom. The number of carbonyl (C=O) groups excluding carboxylic acids is 4. The number of amides is 3. The largest absolute Gasteiger partial charge is 0.347 e. The summed E-state index contributed by atoms with van der Waals surface area (Å²) in [6, 6.07) is 8.39. The van der Waals surface area contributed by atoms with Gasteiger partial charge in [0, 0.05) is 12.8 Å². The zero-order valence-electron chi connectivity index (χ0n) is 15.1. The summed E-state index contributed by atoms with van der Waals surface area (Å²) in [5, 5.41) is 10.3. The summed E-state index contributed by atoms with van der Waals surface area (Å²) in [4.78, 5) is 47.2. The van der Waals surface area contributed by atoms with Crippen LogP contribution < -0.4 is 21.3 Å². The highest BCUT2D eigenvalue weighted by molar-refractivity contribution is 5.92. The molecule has 0 aromatic heterocycles. The van der Waals surface area contributed by atoms with Crippen LogP contribution in [0.5, 0.6) is 0 Å². The van der Waals surface area contributed by atoms with Crippen LogP contribution in [0.3, 0.4) is 0 Å². The lowest BCUT2D eigenvalue weighted by Crippen LogP contribution is -2.51. The first-order valence-electron chi connectivity index (χ1n) is 8.50. The molecule has 0 saturated carbocycles. The number of hydrogen-bond acceptors (Lipinski definition) is 5. The van der Waals surface area contributed by atoms with Crippen LogP contribution in [0.1, 0.15) is 18.9 Å². The Kier molecular flexibility index (Phi) is 9.63. The first-order valence-corrected chi connectivity index (χ1v) is 8.50. The molecule has 4 N–H and O–H groups in total. The van der Waals surface area contributed by atoms with Gasteiger partial charge >= 0.3 is 0 Å². The Morgan fingerprint density at radius 2 is 1.62 bits per heavy atom. The second kappa shape index (κ2) is 11.8. The second-order valence-corrected chi connectivity index (χ2v) is 5.73. The zero-order valence-corrected chi connectivity index (χ0v) is 15.1. The third-order valence-corrected chi connectivity index (χ3v) is 3.57. The number of carbonyl (C=O) groups is 4. The van der Waals surface area contributed by atoms with Crippen molar-refractivity contribution >= 4 is 23.5 Å². The maximum Gasteiger partial charge on any atom is 0.243 e. The average Bonchev–Trinajstić information content (AvgIpc) is 2.64. The summed E-state index contributed by atoms with van der Waals surface area (Å²) in [6.07, 6.45) is 0.608. The quantitative estimate of drug-likeness (QED) is 0.409. The SMILES string of the molecule is CCC(=O)CNC(=O)[C@H](Cc1ccccc1)NC(=O)CNC(=O)CNC. The Morgan fingerprint density at radius 1 is 0.923 bits per heavy atom. The summed E-state index contributed by atoms with van der Waals surface area (Å²) in [6.45, 7) is 1.51. The molecule has 0 bridgehead atoms.